The molecule has 0 aliphatic heterocycles. The van der Waals surface area contributed by atoms with Gasteiger partial charge in [0, 0.05) is 18.9 Å². The van der Waals surface area contributed by atoms with Gasteiger partial charge in [0.1, 0.15) is 5.69 Å². The van der Waals surface area contributed by atoms with Crippen LogP contribution >= 0.6 is 0 Å². The zero-order valence-corrected chi connectivity index (χ0v) is 9.63. The summed E-state index contributed by atoms with van der Waals surface area (Å²) in [4.78, 5) is 23.8. The topological polar surface area (TPSA) is 67.8 Å². The van der Waals surface area contributed by atoms with Crippen LogP contribution in [0.1, 0.15) is 10.4 Å². The Balaban J connectivity index is 2.37. The van der Waals surface area contributed by atoms with Gasteiger partial charge in [0.25, 0.3) is 5.91 Å². The minimum Gasteiger partial charge on any atom is -0.348 e. The molecule has 2 aromatic rings. The van der Waals surface area contributed by atoms with Crippen LogP contribution in [0.15, 0.2) is 43.2 Å². The minimum absolute atomic E-state index is 0.260. The van der Waals surface area contributed by atoms with Crippen molar-refractivity contribution >= 4 is 5.91 Å². The van der Waals surface area contributed by atoms with Crippen molar-refractivity contribution in [1.29, 1.82) is 0 Å². The highest BCUT2D eigenvalue weighted by Gasteiger charge is 2.14. The van der Waals surface area contributed by atoms with Crippen molar-refractivity contribution in [3.05, 3.63) is 55.1 Å². The molecule has 0 aromatic carbocycles. The van der Waals surface area contributed by atoms with E-state index in [-0.39, 0.29) is 5.91 Å². The molecule has 1 amide bonds. The Kier molecular flexibility index (Phi) is 3.76. The monoisotopic (exact) mass is 239 g/mol. The summed E-state index contributed by atoms with van der Waals surface area (Å²) in [5.74, 6) is -0.260. The predicted octanol–water partition coefficient (Wildman–Crippen LogP) is 1.25. The molecule has 0 bridgehead atoms. The van der Waals surface area contributed by atoms with Gasteiger partial charge in [0.2, 0.25) is 0 Å². The van der Waals surface area contributed by atoms with Gasteiger partial charge >= 0.3 is 0 Å². The minimum atomic E-state index is -0.260. The number of nitrogens with zero attached hydrogens (tertiary/aromatic N) is 3. The zero-order chi connectivity index (χ0) is 12.8. The van der Waals surface area contributed by atoms with Crippen LogP contribution in [0.3, 0.4) is 0 Å². The van der Waals surface area contributed by atoms with E-state index in [1.807, 2.05) is 6.07 Å². The summed E-state index contributed by atoms with van der Waals surface area (Å²) in [5, 5.41) is 2.68. The van der Waals surface area contributed by atoms with Gasteiger partial charge in [-0.3, -0.25) is 9.78 Å². The molecule has 18 heavy (non-hydrogen) atoms. The molecule has 2 aromatic heterocycles. The first-order valence-corrected chi connectivity index (χ1v) is 5.36. The average Bonchev–Trinajstić information content (AvgIpc) is 2.45. The van der Waals surface area contributed by atoms with Crippen molar-refractivity contribution in [1.82, 2.24) is 20.3 Å². The molecule has 0 spiro atoms. The molecule has 5 heteroatoms. The fraction of sp³-hybridized carbons (Fsp3) is 0.0769. The Bertz CT molecular complexity index is 554. The third kappa shape index (κ3) is 2.57. The normalized spacial score (nSPS) is 9.78. The van der Waals surface area contributed by atoms with E-state index in [4.69, 9.17) is 0 Å². The summed E-state index contributed by atoms with van der Waals surface area (Å²) in [6, 6.07) is 5.40. The third-order valence-electron chi connectivity index (χ3n) is 2.23. The maximum absolute atomic E-state index is 11.9. The molecular formula is C13H11N4O. The Morgan fingerprint density at radius 1 is 1.50 bits per heavy atom. The lowest BCUT2D eigenvalue weighted by Gasteiger charge is -2.06. The third-order valence-corrected chi connectivity index (χ3v) is 2.23. The number of amides is 1. The van der Waals surface area contributed by atoms with E-state index in [1.165, 1.54) is 6.20 Å². The van der Waals surface area contributed by atoms with E-state index in [0.717, 1.165) is 0 Å². The van der Waals surface area contributed by atoms with Crippen molar-refractivity contribution in [3.63, 3.8) is 0 Å². The van der Waals surface area contributed by atoms with E-state index in [1.54, 1.807) is 24.4 Å². The quantitative estimate of drug-likeness (QED) is 0.815. The first-order valence-electron chi connectivity index (χ1n) is 5.36. The highest BCUT2D eigenvalue weighted by molar-refractivity contribution is 5.99. The van der Waals surface area contributed by atoms with Crippen LogP contribution in [0.25, 0.3) is 11.4 Å². The number of hydrogen-bond donors (Lipinski definition) is 1. The molecule has 0 aliphatic rings. The summed E-state index contributed by atoms with van der Waals surface area (Å²) in [6.45, 7) is 3.93. The van der Waals surface area contributed by atoms with Crippen molar-refractivity contribution in [3.8, 4) is 11.4 Å². The second-order valence-electron chi connectivity index (χ2n) is 3.45. The average molecular weight is 239 g/mol. The Morgan fingerprint density at radius 3 is 3.11 bits per heavy atom. The maximum Gasteiger partial charge on any atom is 0.255 e. The molecule has 5 nitrogen and oxygen atoms in total. The number of carbonyl (C=O) groups is 1. The van der Waals surface area contributed by atoms with Crippen molar-refractivity contribution in [2.45, 2.75) is 0 Å². The van der Waals surface area contributed by atoms with Crippen LogP contribution in [0.2, 0.25) is 0 Å². The number of nitrogens with one attached hydrogen (secondary N) is 1. The molecule has 89 valence electrons. The van der Waals surface area contributed by atoms with E-state index in [0.29, 0.717) is 23.5 Å². The molecule has 1 radical (unpaired) electrons. The van der Waals surface area contributed by atoms with Gasteiger partial charge < -0.3 is 5.32 Å². The highest BCUT2D eigenvalue weighted by atomic mass is 16.1. The number of aromatic nitrogens is 3. The van der Waals surface area contributed by atoms with E-state index in [9.17, 15) is 4.79 Å². The van der Waals surface area contributed by atoms with Crippen LogP contribution in [-0.2, 0) is 0 Å². The van der Waals surface area contributed by atoms with Gasteiger partial charge in [-0.15, -0.1) is 6.58 Å². The largest absolute Gasteiger partial charge is 0.348 e. The van der Waals surface area contributed by atoms with Gasteiger partial charge in [0.05, 0.1) is 11.3 Å². The van der Waals surface area contributed by atoms with Crippen molar-refractivity contribution < 1.29 is 4.79 Å². The Hall–Kier alpha value is -2.56. The van der Waals surface area contributed by atoms with Gasteiger partial charge in [-0.1, -0.05) is 12.1 Å². The van der Waals surface area contributed by atoms with Gasteiger partial charge in [-0.25, -0.2) is 9.97 Å². The summed E-state index contributed by atoms with van der Waals surface area (Å²) < 4.78 is 0. The fourth-order valence-corrected chi connectivity index (χ4v) is 1.42. The second kappa shape index (κ2) is 5.67. The first-order chi connectivity index (χ1) is 8.83. The van der Waals surface area contributed by atoms with Crippen LogP contribution in [0.5, 0.6) is 0 Å². The SMILES string of the molecule is C=CCNC(=O)c1cn[c]nc1-c1ccccn1. The van der Waals surface area contributed by atoms with Crippen molar-refractivity contribution in [2.24, 2.45) is 0 Å². The van der Waals surface area contributed by atoms with Crippen LogP contribution in [0, 0.1) is 6.33 Å². The van der Waals surface area contributed by atoms with Gasteiger partial charge in [0.15, 0.2) is 6.33 Å². The Morgan fingerprint density at radius 2 is 2.39 bits per heavy atom. The maximum atomic E-state index is 11.9. The lowest BCUT2D eigenvalue weighted by Crippen LogP contribution is -2.24. The predicted molar refractivity (Wildman–Crippen MR) is 66.6 cm³/mol. The molecular weight excluding hydrogens is 228 g/mol. The summed E-state index contributed by atoms with van der Waals surface area (Å²) >= 11 is 0. The molecule has 0 fully saturated rings. The smallest absolute Gasteiger partial charge is 0.255 e. The molecule has 0 unspecified atom stereocenters. The van der Waals surface area contributed by atoms with Gasteiger partial charge in [-0.05, 0) is 12.1 Å². The van der Waals surface area contributed by atoms with Crippen LogP contribution in [0.4, 0.5) is 0 Å². The molecule has 0 saturated carbocycles. The Labute approximate surface area is 105 Å². The van der Waals surface area contributed by atoms with Gasteiger partial charge in [-0.2, -0.15) is 0 Å². The van der Waals surface area contributed by atoms with Crippen molar-refractivity contribution in [2.75, 3.05) is 6.54 Å². The zero-order valence-electron chi connectivity index (χ0n) is 9.63. The number of pyridine rings is 1. The first kappa shape index (κ1) is 11.9. The second-order valence-corrected chi connectivity index (χ2v) is 3.45. The van der Waals surface area contributed by atoms with E-state index >= 15 is 0 Å². The summed E-state index contributed by atoms with van der Waals surface area (Å²) in [5.41, 5.74) is 1.45. The summed E-state index contributed by atoms with van der Waals surface area (Å²) in [7, 11) is 0. The number of carbonyl (C=O) groups excluding carboxylic acids is 1. The molecule has 2 rings (SSSR count). The molecule has 0 atom stereocenters. The lowest BCUT2D eigenvalue weighted by atomic mass is 10.1. The van der Waals surface area contributed by atoms with E-state index < -0.39 is 0 Å². The van der Waals surface area contributed by atoms with Crippen LogP contribution in [-0.4, -0.2) is 27.4 Å². The van der Waals surface area contributed by atoms with Crippen LogP contribution < -0.4 is 5.32 Å². The lowest BCUT2D eigenvalue weighted by molar-refractivity contribution is 0.0958. The fourth-order valence-electron chi connectivity index (χ4n) is 1.42. The number of hydrogen-bond acceptors (Lipinski definition) is 4. The number of rotatable bonds is 4. The molecule has 0 saturated heterocycles. The molecule has 0 aliphatic carbocycles. The van der Waals surface area contributed by atoms with E-state index in [2.05, 4.69) is 33.2 Å². The molecule has 1 N–H and O–H groups in total. The molecule has 2 heterocycles. The summed E-state index contributed by atoms with van der Waals surface area (Å²) in [6.07, 6.45) is 7.14. The highest BCUT2D eigenvalue weighted by Crippen LogP contribution is 2.17. The standard InChI is InChI=1S/C13H11N4O/c1-2-6-16-13(18)10-8-14-9-17-12(10)11-5-3-4-7-15-11/h2-5,7-8H,1,6H2,(H,16,18).